The number of hydrogen-bond acceptors (Lipinski definition) is 4. The monoisotopic (exact) mass is 417 g/mol. The summed E-state index contributed by atoms with van der Waals surface area (Å²) in [6.45, 7) is 0.280. The number of carbonyl (C=O) groups is 2. The summed E-state index contributed by atoms with van der Waals surface area (Å²) < 4.78 is 5.40. The second-order valence-corrected chi connectivity index (χ2v) is 8.49. The van der Waals surface area contributed by atoms with Gasteiger partial charge in [0.25, 0.3) is 5.91 Å². The molecule has 1 N–H and O–H groups in total. The Morgan fingerprint density at radius 3 is 2.39 bits per heavy atom. The van der Waals surface area contributed by atoms with Gasteiger partial charge in [0.1, 0.15) is 0 Å². The van der Waals surface area contributed by atoms with Crippen molar-refractivity contribution < 1.29 is 14.3 Å². The molecule has 0 saturated heterocycles. The molecular formula is C22H24ClNO3S. The first-order valence-electron chi connectivity index (χ1n) is 9.48. The van der Waals surface area contributed by atoms with Crippen LogP contribution in [-0.2, 0) is 19.7 Å². The quantitative estimate of drug-likeness (QED) is 0.387. The lowest BCUT2D eigenvalue weighted by molar-refractivity contribution is -0.154. The average molecular weight is 418 g/mol. The van der Waals surface area contributed by atoms with Crippen LogP contribution >= 0.6 is 23.4 Å². The Labute approximate surface area is 175 Å². The van der Waals surface area contributed by atoms with Crippen LogP contribution in [0.4, 0.5) is 0 Å². The number of ether oxygens (including phenoxy) is 1. The van der Waals surface area contributed by atoms with Gasteiger partial charge in [-0.3, -0.25) is 9.59 Å². The molecule has 3 rings (SSSR count). The van der Waals surface area contributed by atoms with E-state index in [0.717, 1.165) is 41.9 Å². The first-order chi connectivity index (χ1) is 13.6. The lowest BCUT2D eigenvalue weighted by atomic mass is 9.79. The molecule has 2 aromatic carbocycles. The summed E-state index contributed by atoms with van der Waals surface area (Å²) in [6, 6.07) is 17.4. The van der Waals surface area contributed by atoms with Gasteiger partial charge in [0.15, 0.2) is 6.61 Å². The van der Waals surface area contributed by atoms with Crippen molar-refractivity contribution in [3.63, 3.8) is 0 Å². The number of carbonyl (C=O) groups excluding carboxylic acids is 2. The van der Waals surface area contributed by atoms with Crippen molar-refractivity contribution >= 4 is 35.2 Å². The molecule has 0 unspecified atom stereocenters. The number of nitrogens with one attached hydrogen (secondary N) is 1. The lowest BCUT2D eigenvalue weighted by Crippen LogP contribution is -2.38. The van der Waals surface area contributed by atoms with Crippen molar-refractivity contribution in [1.29, 1.82) is 0 Å². The van der Waals surface area contributed by atoms with E-state index in [0.29, 0.717) is 11.6 Å². The van der Waals surface area contributed by atoms with Crippen LogP contribution in [0.5, 0.6) is 0 Å². The number of hydrogen-bond donors (Lipinski definition) is 1. The summed E-state index contributed by atoms with van der Waals surface area (Å²) in [7, 11) is 0. The summed E-state index contributed by atoms with van der Waals surface area (Å²) in [5, 5.41) is 3.44. The summed E-state index contributed by atoms with van der Waals surface area (Å²) in [5.41, 5.74) is 0.257. The van der Waals surface area contributed by atoms with Gasteiger partial charge in [0, 0.05) is 22.2 Å². The van der Waals surface area contributed by atoms with Gasteiger partial charge in [-0.1, -0.05) is 54.8 Å². The molecule has 6 heteroatoms. The van der Waals surface area contributed by atoms with Gasteiger partial charge in [0.2, 0.25) is 0 Å². The summed E-state index contributed by atoms with van der Waals surface area (Å²) in [4.78, 5) is 26.0. The number of rotatable bonds is 8. The predicted molar refractivity (Wildman–Crippen MR) is 113 cm³/mol. The largest absolute Gasteiger partial charge is 0.455 e. The fraction of sp³-hybridized carbons (Fsp3) is 0.364. The smallest absolute Gasteiger partial charge is 0.317 e. The van der Waals surface area contributed by atoms with Crippen LogP contribution in [0.15, 0.2) is 59.5 Å². The fourth-order valence-corrected chi connectivity index (χ4v) is 4.47. The Morgan fingerprint density at radius 1 is 1.04 bits per heavy atom. The third-order valence-electron chi connectivity index (χ3n) is 5.02. The van der Waals surface area contributed by atoms with Gasteiger partial charge >= 0.3 is 5.97 Å². The second-order valence-electron chi connectivity index (χ2n) is 6.88. The average Bonchev–Trinajstić information content (AvgIpc) is 3.22. The minimum Gasteiger partial charge on any atom is -0.455 e. The van der Waals surface area contributed by atoms with Gasteiger partial charge in [0.05, 0.1) is 5.41 Å². The molecule has 1 saturated carbocycles. The molecule has 0 aliphatic heterocycles. The van der Waals surface area contributed by atoms with E-state index in [2.05, 4.69) is 5.32 Å². The first kappa shape index (κ1) is 20.7. The standard InChI is InChI=1S/C22H24ClNO3S/c23-18-10-8-17(9-11-18)22(12-4-5-13-22)21(26)27-16-20(25)24-14-15-28-19-6-2-1-3-7-19/h1-3,6-11H,4-5,12-16H2,(H,24,25). The van der Waals surface area contributed by atoms with Gasteiger partial charge < -0.3 is 10.1 Å². The Bertz CT molecular complexity index is 789. The Balaban J connectivity index is 1.46. The van der Waals surface area contributed by atoms with Gasteiger partial charge in [-0.2, -0.15) is 0 Å². The number of thioether (sulfide) groups is 1. The van der Waals surface area contributed by atoms with Crippen LogP contribution in [0.1, 0.15) is 31.2 Å². The number of benzene rings is 2. The lowest BCUT2D eigenvalue weighted by Gasteiger charge is -2.27. The first-order valence-corrected chi connectivity index (χ1v) is 10.8. The van der Waals surface area contributed by atoms with Crippen molar-refractivity contribution in [2.24, 2.45) is 0 Å². The van der Waals surface area contributed by atoms with Crippen LogP contribution < -0.4 is 5.32 Å². The van der Waals surface area contributed by atoms with E-state index >= 15 is 0 Å². The molecule has 1 aliphatic rings. The van der Waals surface area contributed by atoms with Crippen molar-refractivity contribution in [1.82, 2.24) is 5.32 Å². The molecule has 148 valence electrons. The van der Waals surface area contributed by atoms with Crippen molar-refractivity contribution in [2.45, 2.75) is 36.0 Å². The summed E-state index contributed by atoms with van der Waals surface area (Å²) in [6.07, 6.45) is 3.42. The SMILES string of the molecule is O=C(COC(=O)C1(c2ccc(Cl)cc2)CCCC1)NCCSc1ccccc1. The zero-order chi connectivity index (χ0) is 19.8. The van der Waals surface area contributed by atoms with E-state index in [9.17, 15) is 9.59 Å². The summed E-state index contributed by atoms with van der Waals surface area (Å²) >= 11 is 7.65. The van der Waals surface area contributed by atoms with Crippen molar-refractivity contribution in [2.75, 3.05) is 18.9 Å². The van der Waals surface area contributed by atoms with Crippen molar-refractivity contribution in [3.8, 4) is 0 Å². The third kappa shape index (κ3) is 5.30. The van der Waals surface area contributed by atoms with Gasteiger partial charge in [-0.05, 0) is 42.7 Å². The highest BCUT2D eigenvalue weighted by Gasteiger charge is 2.44. The van der Waals surface area contributed by atoms with Crippen LogP contribution in [0, 0.1) is 0 Å². The fourth-order valence-electron chi connectivity index (χ4n) is 3.55. The summed E-state index contributed by atoms with van der Waals surface area (Å²) in [5.74, 6) is 0.172. The van der Waals surface area contributed by atoms with Crippen LogP contribution in [0.3, 0.4) is 0 Å². The molecule has 0 bridgehead atoms. The van der Waals surface area contributed by atoms with E-state index in [-0.39, 0.29) is 18.5 Å². The molecule has 1 amide bonds. The molecule has 0 spiro atoms. The molecule has 4 nitrogen and oxygen atoms in total. The number of esters is 1. The molecule has 0 radical (unpaired) electrons. The third-order valence-corrected chi connectivity index (χ3v) is 6.28. The molecule has 28 heavy (non-hydrogen) atoms. The van der Waals surface area contributed by atoms with E-state index < -0.39 is 5.41 Å². The molecule has 0 aromatic heterocycles. The topological polar surface area (TPSA) is 55.4 Å². The Kier molecular flexibility index (Phi) is 7.40. The molecule has 0 heterocycles. The highest BCUT2D eigenvalue weighted by molar-refractivity contribution is 7.99. The number of halogens is 1. The van der Waals surface area contributed by atoms with E-state index in [1.807, 2.05) is 42.5 Å². The predicted octanol–water partition coefficient (Wildman–Crippen LogP) is 4.60. The molecule has 1 fully saturated rings. The normalized spacial score (nSPS) is 15.2. The number of amides is 1. The molecule has 1 aliphatic carbocycles. The molecular weight excluding hydrogens is 394 g/mol. The maximum Gasteiger partial charge on any atom is 0.317 e. The highest BCUT2D eigenvalue weighted by atomic mass is 35.5. The van der Waals surface area contributed by atoms with Gasteiger partial charge in [-0.25, -0.2) is 0 Å². The minimum absolute atomic E-state index is 0.246. The van der Waals surface area contributed by atoms with Gasteiger partial charge in [-0.15, -0.1) is 11.8 Å². The van der Waals surface area contributed by atoms with Crippen LogP contribution in [-0.4, -0.2) is 30.8 Å². The zero-order valence-electron chi connectivity index (χ0n) is 15.7. The van der Waals surface area contributed by atoms with E-state index in [4.69, 9.17) is 16.3 Å². The maximum atomic E-state index is 12.8. The maximum absolute atomic E-state index is 12.8. The Hall–Kier alpha value is -1.98. The van der Waals surface area contributed by atoms with Crippen LogP contribution in [0.2, 0.25) is 5.02 Å². The Morgan fingerprint density at radius 2 is 1.71 bits per heavy atom. The minimum atomic E-state index is -0.659. The van der Waals surface area contributed by atoms with E-state index in [1.54, 1.807) is 23.9 Å². The highest BCUT2D eigenvalue weighted by Crippen LogP contribution is 2.42. The second kappa shape index (κ2) is 9.99. The zero-order valence-corrected chi connectivity index (χ0v) is 17.2. The van der Waals surface area contributed by atoms with Crippen molar-refractivity contribution in [3.05, 3.63) is 65.2 Å². The molecule has 2 aromatic rings. The van der Waals surface area contributed by atoms with E-state index in [1.165, 1.54) is 0 Å². The van der Waals surface area contributed by atoms with Crippen LogP contribution in [0.25, 0.3) is 0 Å². The molecule has 0 atom stereocenters.